The zero-order valence-electron chi connectivity index (χ0n) is 10.1. The number of esters is 1. The number of ether oxygens (including phenoxy) is 2. The molecule has 0 saturated carbocycles. The minimum Gasteiger partial charge on any atom is -0.468 e. The van der Waals surface area contributed by atoms with E-state index < -0.39 is 18.1 Å². The van der Waals surface area contributed by atoms with Gasteiger partial charge < -0.3 is 20.5 Å². The third kappa shape index (κ3) is 8.27. The Kier molecular flexibility index (Phi) is 8.77. The molecule has 0 aliphatic rings. The Bertz CT molecular complexity index is 256. The lowest BCUT2D eigenvalue weighted by molar-refractivity contribution is -0.142. The SMILES string of the molecule is C=CCOC(=O)NCCCC[C@H](N)C(=O)OC. The maximum atomic E-state index is 11.0. The Labute approximate surface area is 101 Å². The predicted octanol–water partition coefficient (Wildman–Crippen LogP) is 0.569. The highest BCUT2D eigenvalue weighted by molar-refractivity contribution is 5.75. The lowest BCUT2D eigenvalue weighted by atomic mass is 10.1. The number of rotatable bonds is 8. The highest BCUT2D eigenvalue weighted by Crippen LogP contribution is 1.99. The molecule has 98 valence electrons. The van der Waals surface area contributed by atoms with Crippen molar-refractivity contribution in [3.8, 4) is 0 Å². The van der Waals surface area contributed by atoms with E-state index in [0.29, 0.717) is 13.0 Å². The fraction of sp³-hybridized carbons (Fsp3) is 0.636. The van der Waals surface area contributed by atoms with Crippen molar-refractivity contribution in [3.63, 3.8) is 0 Å². The molecule has 0 aliphatic carbocycles. The van der Waals surface area contributed by atoms with E-state index in [-0.39, 0.29) is 6.61 Å². The van der Waals surface area contributed by atoms with Crippen molar-refractivity contribution in [1.82, 2.24) is 5.32 Å². The second kappa shape index (κ2) is 9.65. The Hall–Kier alpha value is -1.56. The fourth-order valence-corrected chi connectivity index (χ4v) is 1.13. The summed E-state index contributed by atoms with van der Waals surface area (Å²) in [6.45, 7) is 4.11. The van der Waals surface area contributed by atoms with E-state index in [1.54, 1.807) is 0 Å². The van der Waals surface area contributed by atoms with Crippen molar-refractivity contribution in [2.24, 2.45) is 5.73 Å². The quantitative estimate of drug-likeness (QED) is 0.370. The van der Waals surface area contributed by atoms with Gasteiger partial charge >= 0.3 is 12.1 Å². The minimum absolute atomic E-state index is 0.194. The molecule has 0 aromatic heterocycles. The zero-order chi connectivity index (χ0) is 13.1. The largest absolute Gasteiger partial charge is 0.468 e. The Balaban J connectivity index is 3.43. The van der Waals surface area contributed by atoms with Crippen LogP contribution in [0.25, 0.3) is 0 Å². The number of alkyl carbamates (subject to hydrolysis) is 1. The first kappa shape index (κ1) is 15.4. The molecule has 6 heteroatoms. The zero-order valence-corrected chi connectivity index (χ0v) is 10.1. The number of carbonyl (C=O) groups excluding carboxylic acids is 2. The Morgan fingerprint density at radius 1 is 1.47 bits per heavy atom. The van der Waals surface area contributed by atoms with Crippen LogP contribution in [0, 0.1) is 0 Å². The number of nitrogens with two attached hydrogens (primary N) is 1. The Morgan fingerprint density at radius 3 is 2.76 bits per heavy atom. The maximum Gasteiger partial charge on any atom is 0.407 e. The molecule has 0 spiro atoms. The molecule has 0 heterocycles. The summed E-state index contributed by atoms with van der Waals surface area (Å²) >= 11 is 0. The van der Waals surface area contributed by atoms with Gasteiger partial charge in [-0.1, -0.05) is 12.7 Å². The first-order valence-corrected chi connectivity index (χ1v) is 5.46. The molecule has 0 aromatic rings. The molecular weight excluding hydrogens is 224 g/mol. The Morgan fingerprint density at radius 2 is 2.18 bits per heavy atom. The van der Waals surface area contributed by atoms with Crippen LogP contribution >= 0.6 is 0 Å². The number of nitrogens with one attached hydrogen (secondary N) is 1. The number of carbonyl (C=O) groups is 2. The van der Waals surface area contributed by atoms with Gasteiger partial charge in [-0.15, -0.1) is 0 Å². The molecule has 0 aromatic carbocycles. The number of hydrogen-bond donors (Lipinski definition) is 2. The molecule has 0 radical (unpaired) electrons. The van der Waals surface area contributed by atoms with Crippen LogP contribution in [-0.4, -0.2) is 38.4 Å². The number of methoxy groups -OCH3 is 1. The summed E-state index contributed by atoms with van der Waals surface area (Å²) in [5, 5.41) is 2.57. The summed E-state index contributed by atoms with van der Waals surface area (Å²) in [5.41, 5.74) is 5.54. The molecule has 0 aliphatic heterocycles. The molecule has 3 N–H and O–H groups in total. The minimum atomic E-state index is -0.590. The van der Waals surface area contributed by atoms with Crippen LogP contribution in [0.1, 0.15) is 19.3 Å². The van der Waals surface area contributed by atoms with Crippen LogP contribution in [0.5, 0.6) is 0 Å². The average Bonchev–Trinajstić information content (AvgIpc) is 2.34. The second-order valence-corrected chi connectivity index (χ2v) is 3.44. The molecule has 0 saturated heterocycles. The van der Waals surface area contributed by atoms with E-state index in [9.17, 15) is 9.59 Å². The summed E-state index contributed by atoms with van der Waals surface area (Å²) in [5.74, 6) is -0.414. The van der Waals surface area contributed by atoms with E-state index in [0.717, 1.165) is 12.8 Å². The van der Waals surface area contributed by atoms with Crippen LogP contribution in [0.15, 0.2) is 12.7 Å². The van der Waals surface area contributed by atoms with Crippen LogP contribution in [0.2, 0.25) is 0 Å². The molecule has 17 heavy (non-hydrogen) atoms. The van der Waals surface area contributed by atoms with Crippen molar-refractivity contribution < 1.29 is 19.1 Å². The summed E-state index contributed by atoms with van der Waals surface area (Å²) < 4.78 is 9.20. The first-order valence-electron chi connectivity index (χ1n) is 5.46. The molecule has 0 bridgehead atoms. The fourth-order valence-electron chi connectivity index (χ4n) is 1.13. The van der Waals surface area contributed by atoms with Crippen molar-refractivity contribution in [1.29, 1.82) is 0 Å². The van der Waals surface area contributed by atoms with E-state index in [1.807, 2.05) is 0 Å². The predicted molar refractivity (Wildman–Crippen MR) is 63.4 cm³/mol. The summed E-state index contributed by atoms with van der Waals surface area (Å²) in [6.07, 6.45) is 3.03. The summed E-state index contributed by atoms with van der Waals surface area (Å²) in [6, 6.07) is -0.590. The molecule has 0 fully saturated rings. The van der Waals surface area contributed by atoms with Crippen LogP contribution in [0.4, 0.5) is 4.79 Å². The van der Waals surface area contributed by atoms with Gasteiger partial charge in [0.05, 0.1) is 7.11 Å². The average molecular weight is 244 g/mol. The number of amides is 1. The van der Waals surface area contributed by atoms with Gasteiger partial charge in [0.15, 0.2) is 0 Å². The van der Waals surface area contributed by atoms with Crippen LogP contribution in [-0.2, 0) is 14.3 Å². The molecule has 1 amide bonds. The van der Waals surface area contributed by atoms with Crippen LogP contribution < -0.4 is 11.1 Å². The van der Waals surface area contributed by atoms with E-state index in [2.05, 4.69) is 16.6 Å². The standard InChI is InChI=1S/C11H20N2O4/c1-3-8-17-11(15)13-7-5-4-6-9(12)10(14)16-2/h3,9H,1,4-8,12H2,2H3,(H,13,15)/t9-/m0/s1. The highest BCUT2D eigenvalue weighted by atomic mass is 16.5. The maximum absolute atomic E-state index is 11.0. The number of unbranched alkanes of at least 4 members (excludes halogenated alkanes) is 1. The normalized spacial score (nSPS) is 11.4. The third-order valence-electron chi connectivity index (χ3n) is 2.05. The third-order valence-corrected chi connectivity index (χ3v) is 2.05. The number of hydrogen-bond acceptors (Lipinski definition) is 5. The van der Waals surface area contributed by atoms with E-state index in [1.165, 1.54) is 13.2 Å². The molecular formula is C11H20N2O4. The smallest absolute Gasteiger partial charge is 0.407 e. The molecule has 0 unspecified atom stereocenters. The molecule has 6 nitrogen and oxygen atoms in total. The van der Waals surface area contributed by atoms with Gasteiger partial charge in [0.1, 0.15) is 12.6 Å². The van der Waals surface area contributed by atoms with Gasteiger partial charge in [0, 0.05) is 6.54 Å². The van der Waals surface area contributed by atoms with Gasteiger partial charge in [0.2, 0.25) is 0 Å². The topological polar surface area (TPSA) is 90.6 Å². The monoisotopic (exact) mass is 244 g/mol. The molecule has 0 rings (SSSR count). The highest BCUT2D eigenvalue weighted by Gasteiger charge is 2.12. The second-order valence-electron chi connectivity index (χ2n) is 3.44. The van der Waals surface area contributed by atoms with Crippen molar-refractivity contribution in [2.45, 2.75) is 25.3 Å². The molecule has 1 atom stereocenters. The van der Waals surface area contributed by atoms with Gasteiger partial charge in [-0.25, -0.2) is 4.79 Å². The lowest BCUT2D eigenvalue weighted by Gasteiger charge is -2.09. The summed E-state index contributed by atoms with van der Waals surface area (Å²) in [7, 11) is 1.30. The lowest BCUT2D eigenvalue weighted by Crippen LogP contribution is -2.31. The van der Waals surface area contributed by atoms with Gasteiger partial charge in [-0.3, -0.25) is 4.79 Å². The summed E-state index contributed by atoms with van der Waals surface area (Å²) in [4.78, 5) is 21.9. The van der Waals surface area contributed by atoms with Gasteiger partial charge in [0.25, 0.3) is 0 Å². The van der Waals surface area contributed by atoms with Crippen molar-refractivity contribution in [3.05, 3.63) is 12.7 Å². The van der Waals surface area contributed by atoms with Crippen LogP contribution in [0.3, 0.4) is 0 Å². The van der Waals surface area contributed by atoms with Crippen molar-refractivity contribution >= 4 is 12.1 Å². The van der Waals surface area contributed by atoms with Gasteiger partial charge in [-0.05, 0) is 19.3 Å². The first-order chi connectivity index (χ1) is 8.11. The van der Waals surface area contributed by atoms with Crippen molar-refractivity contribution in [2.75, 3.05) is 20.3 Å². The van der Waals surface area contributed by atoms with Gasteiger partial charge in [-0.2, -0.15) is 0 Å². The van der Waals surface area contributed by atoms with E-state index in [4.69, 9.17) is 10.5 Å². The van der Waals surface area contributed by atoms with E-state index >= 15 is 0 Å².